The van der Waals surface area contributed by atoms with Crippen LogP contribution in [0.1, 0.15) is 86.5 Å². The summed E-state index contributed by atoms with van der Waals surface area (Å²) in [5.41, 5.74) is 4.70. The third-order valence-corrected chi connectivity index (χ3v) is 12.1. The van der Waals surface area contributed by atoms with Crippen molar-refractivity contribution in [2.45, 2.75) is 86.5 Å². The third-order valence-electron chi connectivity index (χ3n) is 12.1. The quantitative estimate of drug-likeness (QED) is 0.457. The normalized spacial score (nSPS) is 42.3. The minimum absolute atomic E-state index is 0.0274. The van der Waals surface area contributed by atoms with Gasteiger partial charge in [-0.2, -0.15) is 0 Å². The molecule has 5 aliphatic rings. The number of aliphatic hydroxyl groups excluding tert-OH is 1. The predicted molar refractivity (Wildman–Crippen MR) is 152 cm³/mol. The minimum Gasteiger partial charge on any atom is -0.504 e. The first-order valence-electron chi connectivity index (χ1n) is 14.6. The first-order chi connectivity index (χ1) is 17.6. The molecule has 0 radical (unpaired) electrons. The Morgan fingerprint density at radius 1 is 1.03 bits per heavy atom. The Bertz CT molecular complexity index is 1210. The number of allylic oxidation sites excluding steroid dienone is 7. The SMILES string of the molecule is CC1=C(O)C(=O)C=C2C1=CC=C1[C@@]2(C)CC[C@@]2(C)[C@@H]3C[C@](C)(CNC(=O)CN(C)C)CC[C@]3(C)CC[C@]12C. The van der Waals surface area contributed by atoms with E-state index < -0.39 is 0 Å². The van der Waals surface area contributed by atoms with Gasteiger partial charge in [0, 0.05) is 17.5 Å². The molecule has 0 unspecified atom stereocenters. The molecule has 0 aliphatic heterocycles. The van der Waals surface area contributed by atoms with Gasteiger partial charge in [0.25, 0.3) is 0 Å². The highest BCUT2D eigenvalue weighted by Gasteiger charge is 2.66. The lowest BCUT2D eigenvalue weighted by atomic mass is 9.34. The molecule has 0 saturated heterocycles. The molecule has 0 aromatic heterocycles. The van der Waals surface area contributed by atoms with Crippen molar-refractivity contribution in [3.05, 3.63) is 46.3 Å². The van der Waals surface area contributed by atoms with Crippen LogP contribution in [0.25, 0.3) is 0 Å². The van der Waals surface area contributed by atoms with E-state index in [0.29, 0.717) is 23.5 Å². The summed E-state index contributed by atoms with van der Waals surface area (Å²) >= 11 is 0. The van der Waals surface area contributed by atoms with Crippen LogP contribution in [-0.4, -0.2) is 48.9 Å². The van der Waals surface area contributed by atoms with Crippen molar-refractivity contribution in [1.82, 2.24) is 10.2 Å². The van der Waals surface area contributed by atoms with Crippen LogP contribution >= 0.6 is 0 Å². The minimum atomic E-state index is -0.258. The molecule has 208 valence electrons. The fourth-order valence-electron chi connectivity index (χ4n) is 9.34. The number of hydrogen-bond acceptors (Lipinski definition) is 4. The molecule has 3 fully saturated rings. The Hall–Kier alpha value is -2.14. The van der Waals surface area contributed by atoms with Crippen LogP contribution in [0, 0.1) is 33.0 Å². The lowest BCUT2D eigenvalue weighted by Gasteiger charge is -2.70. The van der Waals surface area contributed by atoms with Gasteiger partial charge in [0.2, 0.25) is 11.7 Å². The van der Waals surface area contributed by atoms with E-state index in [9.17, 15) is 14.7 Å². The van der Waals surface area contributed by atoms with Gasteiger partial charge in [-0.3, -0.25) is 9.59 Å². The number of rotatable bonds is 4. The standard InChI is InChI=1S/C33H48N2O3/c1-21-22-9-10-25-31(4,23(22)17-24(36)28(21)38)14-16-33(6)26-18-29(2,20-34-27(37)19-35(7)8)11-12-30(26,3)13-15-32(25,33)5/h9-10,17,26,38H,11-16,18-20H2,1-8H3,(H,34,37)/t26-,29-,30-,31+,32-,33+/m1/s1. The zero-order valence-corrected chi connectivity index (χ0v) is 24.9. The number of likely N-dealkylation sites (N-methyl/N-ethyl adjacent to an activating group) is 1. The van der Waals surface area contributed by atoms with E-state index in [4.69, 9.17) is 0 Å². The molecule has 1 amide bonds. The van der Waals surface area contributed by atoms with E-state index >= 15 is 0 Å². The molecule has 5 heteroatoms. The highest BCUT2D eigenvalue weighted by atomic mass is 16.3. The number of nitrogens with one attached hydrogen (secondary N) is 1. The summed E-state index contributed by atoms with van der Waals surface area (Å²) in [4.78, 5) is 27.1. The van der Waals surface area contributed by atoms with E-state index in [0.717, 1.165) is 43.4 Å². The maximum absolute atomic E-state index is 12.7. The summed E-state index contributed by atoms with van der Waals surface area (Å²) in [6.45, 7) is 15.4. The molecule has 5 nitrogen and oxygen atoms in total. The van der Waals surface area contributed by atoms with Crippen LogP contribution < -0.4 is 5.32 Å². The molecule has 2 N–H and O–H groups in total. The van der Waals surface area contributed by atoms with Crippen molar-refractivity contribution in [3.8, 4) is 0 Å². The topological polar surface area (TPSA) is 69.6 Å². The van der Waals surface area contributed by atoms with Gasteiger partial charge in [-0.25, -0.2) is 0 Å². The van der Waals surface area contributed by atoms with Gasteiger partial charge in [0.1, 0.15) is 0 Å². The molecule has 0 aromatic rings. The van der Waals surface area contributed by atoms with Gasteiger partial charge in [-0.05, 0) is 111 Å². The fourth-order valence-corrected chi connectivity index (χ4v) is 9.34. The Labute approximate surface area is 229 Å². The molecule has 0 aromatic carbocycles. The molecule has 3 saturated carbocycles. The smallest absolute Gasteiger partial charge is 0.234 e. The summed E-state index contributed by atoms with van der Waals surface area (Å²) in [6.07, 6.45) is 14.3. The van der Waals surface area contributed by atoms with Crippen LogP contribution in [0.5, 0.6) is 0 Å². The number of amides is 1. The van der Waals surface area contributed by atoms with Gasteiger partial charge in [0.05, 0.1) is 6.54 Å². The summed E-state index contributed by atoms with van der Waals surface area (Å²) in [6, 6.07) is 0. The molecule has 0 spiro atoms. The van der Waals surface area contributed by atoms with Gasteiger partial charge >= 0.3 is 0 Å². The van der Waals surface area contributed by atoms with Gasteiger partial charge in [-0.1, -0.05) is 52.3 Å². The Morgan fingerprint density at radius 2 is 1.71 bits per heavy atom. The van der Waals surface area contributed by atoms with Crippen LogP contribution in [0.2, 0.25) is 0 Å². The van der Waals surface area contributed by atoms with E-state index in [2.05, 4.69) is 52.1 Å². The van der Waals surface area contributed by atoms with Crippen molar-refractivity contribution in [1.29, 1.82) is 0 Å². The average molecular weight is 521 g/mol. The number of hydrogen-bond donors (Lipinski definition) is 2. The van der Waals surface area contributed by atoms with Crippen LogP contribution in [-0.2, 0) is 9.59 Å². The van der Waals surface area contributed by atoms with Crippen molar-refractivity contribution < 1.29 is 14.7 Å². The lowest BCUT2D eigenvalue weighted by molar-refractivity contribution is -0.161. The summed E-state index contributed by atoms with van der Waals surface area (Å²) < 4.78 is 0. The summed E-state index contributed by atoms with van der Waals surface area (Å²) in [7, 11) is 3.87. The van der Waals surface area contributed by atoms with Gasteiger partial charge in [-0.15, -0.1) is 0 Å². The van der Waals surface area contributed by atoms with E-state index in [1.165, 1.54) is 24.8 Å². The zero-order chi connectivity index (χ0) is 27.9. The van der Waals surface area contributed by atoms with E-state index in [1.807, 2.05) is 25.9 Å². The summed E-state index contributed by atoms with van der Waals surface area (Å²) in [5.74, 6) is 0.311. The maximum atomic E-state index is 12.7. The van der Waals surface area contributed by atoms with Crippen molar-refractivity contribution >= 4 is 11.7 Å². The number of carbonyl (C=O) groups is 2. The number of ketones is 1. The Kier molecular flexibility index (Phi) is 6.26. The average Bonchev–Trinajstić information content (AvgIpc) is 2.84. The van der Waals surface area contributed by atoms with Crippen LogP contribution in [0.4, 0.5) is 0 Å². The van der Waals surface area contributed by atoms with Crippen molar-refractivity contribution in [2.24, 2.45) is 33.0 Å². The first-order valence-corrected chi connectivity index (χ1v) is 14.6. The monoisotopic (exact) mass is 520 g/mol. The second-order valence-corrected chi connectivity index (χ2v) is 14.9. The number of carbonyl (C=O) groups excluding carboxylic acids is 2. The molecule has 5 rings (SSSR count). The predicted octanol–water partition coefficient (Wildman–Crippen LogP) is 6.29. The first kappa shape index (κ1) is 27.4. The van der Waals surface area contributed by atoms with Crippen LogP contribution in [0.3, 0.4) is 0 Å². The molecular weight excluding hydrogens is 472 g/mol. The second kappa shape index (κ2) is 8.68. The highest BCUT2D eigenvalue weighted by Crippen LogP contribution is 2.75. The molecule has 6 atom stereocenters. The van der Waals surface area contributed by atoms with Crippen LogP contribution in [0.15, 0.2) is 46.3 Å². The van der Waals surface area contributed by atoms with Crippen molar-refractivity contribution in [2.75, 3.05) is 27.2 Å². The Morgan fingerprint density at radius 3 is 2.39 bits per heavy atom. The van der Waals surface area contributed by atoms with E-state index in [1.54, 1.807) is 6.08 Å². The number of nitrogens with zero attached hydrogens (tertiary/aromatic N) is 1. The highest BCUT2D eigenvalue weighted by molar-refractivity contribution is 6.06. The molecular formula is C33H48N2O3. The zero-order valence-electron chi connectivity index (χ0n) is 24.9. The maximum Gasteiger partial charge on any atom is 0.234 e. The summed E-state index contributed by atoms with van der Waals surface area (Å²) in [5, 5.41) is 13.6. The second-order valence-electron chi connectivity index (χ2n) is 14.9. The van der Waals surface area contributed by atoms with Crippen molar-refractivity contribution in [3.63, 3.8) is 0 Å². The third kappa shape index (κ3) is 3.82. The number of aliphatic hydroxyl groups is 1. The molecule has 38 heavy (non-hydrogen) atoms. The molecule has 0 heterocycles. The Balaban J connectivity index is 1.50. The van der Waals surface area contributed by atoms with Gasteiger partial charge in [0.15, 0.2) is 5.76 Å². The number of fused-ring (bicyclic) bond motifs is 7. The van der Waals surface area contributed by atoms with E-state index in [-0.39, 0.29) is 39.1 Å². The van der Waals surface area contributed by atoms with Gasteiger partial charge < -0.3 is 15.3 Å². The largest absolute Gasteiger partial charge is 0.504 e. The molecule has 5 aliphatic carbocycles. The lowest BCUT2D eigenvalue weighted by Crippen LogP contribution is -2.62. The fraction of sp³-hybridized carbons (Fsp3) is 0.697. The molecule has 0 bridgehead atoms.